The fourth-order valence-electron chi connectivity index (χ4n) is 1.92. The zero-order valence-corrected chi connectivity index (χ0v) is 10.9. The second-order valence-corrected chi connectivity index (χ2v) is 5.39. The van der Waals surface area contributed by atoms with Crippen LogP contribution >= 0.6 is 0 Å². The Morgan fingerprint density at radius 1 is 1.18 bits per heavy atom. The summed E-state index contributed by atoms with van der Waals surface area (Å²) in [6, 6.07) is 8.41. The molecule has 0 aliphatic rings. The number of hydrogen-bond donors (Lipinski definition) is 0. The lowest BCUT2D eigenvalue weighted by atomic mass is 10.0. The molecule has 3 nitrogen and oxygen atoms in total. The molecule has 0 aliphatic carbocycles. The van der Waals surface area contributed by atoms with Gasteiger partial charge in [-0.05, 0) is 38.8 Å². The maximum absolute atomic E-state index is 4.23. The molecule has 1 heterocycles. The lowest BCUT2D eigenvalue weighted by molar-refractivity contribution is 0.384. The highest BCUT2D eigenvalue weighted by Gasteiger charge is 2.17. The van der Waals surface area contributed by atoms with Crippen LogP contribution in [0.15, 0.2) is 30.6 Å². The molecule has 0 radical (unpaired) electrons. The normalized spacial score (nSPS) is 11.8. The first-order valence-electron chi connectivity index (χ1n) is 5.92. The van der Waals surface area contributed by atoms with Gasteiger partial charge in [0.2, 0.25) is 0 Å². The summed E-state index contributed by atoms with van der Waals surface area (Å²) in [4.78, 5) is 0. The molecular weight excluding hydrogens is 210 g/mol. The third-order valence-corrected chi connectivity index (χ3v) is 2.95. The fraction of sp³-hybridized carbons (Fsp3) is 0.429. The van der Waals surface area contributed by atoms with Gasteiger partial charge >= 0.3 is 0 Å². The minimum atomic E-state index is 0.0293. The van der Waals surface area contributed by atoms with E-state index in [-0.39, 0.29) is 5.54 Å². The van der Waals surface area contributed by atoms with Crippen LogP contribution in [-0.2, 0) is 12.0 Å². The number of hydrogen-bond acceptors (Lipinski definition) is 2. The summed E-state index contributed by atoms with van der Waals surface area (Å²) in [5.74, 6) is 1.02. The Hall–Kier alpha value is -1.64. The van der Waals surface area contributed by atoms with E-state index < -0.39 is 0 Å². The highest BCUT2D eigenvalue weighted by molar-refractivity contribution is 5.28. The predicted octanol–water partition coefficient (Wildman–Crippen LogP) is 2.93. The van der Waals surface area contributed by atoms with Gasteiger partial charge < -0.3 is 4.57 Å². The van der Waals surface area contributed by atoms with Gasteiger partial charge in [0.05, 0.1) is 0 Å². The predicted molar refractivity (Wildman–Crippen MR) is 69.0 cm³/mol. The maximum Gasteiger partial charge on any atom is 0.137 e. The third kappa shape index (κ3) is 2.54. The summed E-state index contributed by atoms with van der Waals surface area (Å²) in [5.41, 5.74) is 2.64. The number of aryl methyl sites for hydroxylation is 1. The van der Waals surface area contributed by atoms with Gasteiger partial charge in [-0.2, -0.15) is 0 Å². The van der Waals surface area contributed by atoms with E-state index >= 15 is 0 Å². The Morgan fingerprint density at radius 2 is 1.88 bits per heavy atom. The van der Waals surface area contributed by atoms with E-state index in [1.165, 1.54) is 11.1 Å². The van der Waals surface area contributed by atoms with E-state index in [1.54, 1.807) is 0 Å². The van der Waals surface area contributed by atoms with Gasteiger partial charge in [0.15, 0.2) is 0 Å². The number of nitrogens with zero attached hydrogens (tertiary/aromatic N) is 3. The van der Waals surface area contributed by atoms with Crippen molar-refractivity contribution in [2.75, 3.05) is 0 Å². The lowest BCUT2D eigenvalue weighted by Crippen LogP contribution is -2.23. The molecule has 0 bridgehead atoms. The maximum atomic E-state index is 4.23. The number of benzene rings is 1. The monoisotopic (exact) mass is 229 g/mol. The van der Waals surface area contributed by atoms with Gasteiger partial charge in [0.1, 0.15) is 12.2 Å². The minimum Gasteiger partial charge on any atom is -0.312 e. The van der Waals surface area contributed by atoms with Crippen molar-refractivity contribution in [2.45, 2.75) is 39.7 Å². The average Bonchev–Trinajstić information content (AvgIpc) is 2.69. The van der Waals surface area contributed by atoms with Crippen molar-refractivity contribution in [3.05, 3.63) is 47.5 Å². The first-order valence-corrected chi connectivity index (χ1v) is 5.92. The second-order valence-electron chi connectivity index (χ2n) is 5.39. The van der Waals surface area contributed by atoms with Crippen molar-refractivity contribution in [3.8, 4) is 0 Å². The molecule has 2 rings (SSSR count). The average molecular weight is 229 g/mol. The van der Waals surface area contributed by atoms with Gasteiger partial charge in [-0.3, -0.25) is 0 Å². The number of aromatic nitrogens is 3. The van der Waals surface area contributed by atoms with Crippen LogP contribution in [0.5, 0.6) is 0 Å². The first kappa shape index (κ1) is 11.8. The molecule has 1 aromatic carbocycles. The zero-order valence-electron chi connectivity index (χ0n) is 10.9. The Morgan fingerprint density at radius 3 is 2.53 bits per heavy atom. The van der Waals surface area contributed by atoms with Gasteiger partial charge in [-0.25, -0.2) is 0 Å². The van der Waals surface area contributed by atoms with E-state index in [2.05, 4.69) is 66.7 Å². The zero-order chi connectivity index (χ0) is 12.5. The standard InChI is InChI=1S/C14H19N3/c1-11-7-5-6-8-12(11)9-13-16-15-10-17(13)14(2,3)4/h5-8,10H,9H2,1-4H3. The molecule has 0 saturated heterocycles. The SMILES string of the molecule is Cc1ccccc1Cc1nncn1C(C)(C)C. The van der Waals surface area contributed by atoms with Crippen molar-refractivity contribution >= 4 is 0 Å². The van der Waals surface area contributed by atoms with Crippen LogP contribution in [0.1, 0.15) is 37.7 Å². The molecule has 1 aromatic heterocycles. The summed E-state index contributed by atoms with van der Waals surface area (Å²) in [6.45, 7) is 8.63. The molecule has 2 aromatic rings. The van der Waals surface area contributed by atoms with Crippen LogP contribution in [0.4, 0.5) is 0 Å². The smallest absolute Gasteiger partial charge is 0.137 e. The van der Waals surface area contributed by atoms with Gasteiger partial charge in [-0.15, -0.1) is 10.2 Å². The van der Waals surface area contributed by atoms with E-state index in [4.69, 9.17) is 0 Å². The van der Waals surface area contributed by atoms with Crippen LogP contribution in [0.2, 0.25) is 0 Å². The topological polar surface area (TPSA) is 30.7 Å². The third-order valence-electron chi connectivity index (χ3n) is 2.95. The molecule has 0 amide bonds. The van der Waals surface area contributed by atoms with E-state index in [0.29, 0.717) is 0 Å². The molecule has 3 heteroatoms. The molecule has 0 fully saturated rings. The fourth-order valence-corrected chi connectivity index (χ4v) is 1.92. The van der Waals surface area contributed by atoms with Crippen LogP contribution < -0.4 is 0 Å². The van der Waals surface area contributed by atoms with E-state index in [0.717, 1.165) is 12.2 Å². The molecule has 0 atom stereocenters. The molecule has 0 aliphatic heterocycles. The molecule has 17 heavy (non-hydrogen) atoms. The molecule has 0 unspecified atom stereocenters. The van der Waals surface area contributed by atoms with Crippen molar-refractivity contribution < 1.29 is 0 Å². The van der Waals surface area contributed by atoms with Crippen LogP contribution in [0.3, 0.4) is 0 Å². The Balaban J connectivity index is 2.32. The summed E-state index contributed by atoms with van der Waals surface area (Å²) in [7, 11) is 0. The summed E-state index contributed by atoms with van der Waals surface area (Å²) in [5, 5.41) is 8.26. The first-order chi connectivity index (χ1) is 7.98. The van der Waals surface area contributed by atoms with Crippen molar-refractivity contribution in [1.82, 2.24) is 14.8 Å². The molecular formula is C14H19N3. The van der Waals surface area contributed by atoms with E-state index in [9.17, 15) is 0 Å². The van der Waals surface area contributed by atoms with Gasteiger partial charge in [0.25, 0.3) is 0 Å². The van der Waals surface area contributed by atoms with E-state index in [1.807, 2.05) is 6.33 Å². The van der Waals surface area contributed by atoms with Crippen LogP contribution in [0, 0.1) is 6.92 Å². The molecule has 90 valence electrons. The molecule has 0 saturated carbocycles. The number of rotatable bonds is 2. The van der Waals surface area contributed by atoms with Gasteiger partial charge in [0, 0.05) is 12.0 Å². The summed E-state index contributed by atoms with van der Waals surface area (Å²) < 4.78 is 2.14. The Labute approximate surface area is 103 Å². The summed E-state index contributed by atoms with van der Waals surface area (Å²) in [6.07, 6.45) is 2.65. The molecule has 0 N–H and O–H groups in total. The minimum absolute atomic E-state index is 0.0293. The van der Waals surface area contributed by atoms with Gasteiger partial charge in [-0.1, -0.05) is 24.3 Å². The lowest BCUT2D eigenvalue weighted by Gasteiger charge is -2.22. The second kappa shape index (κ2) is 4.32. The van der Waals surface area contributed by atoms with Crippen LogP contribution in [0.25, 0.3) is 0 Å². The quantitative estimate of drug-likeness (QED) is 0.792. The highest BCUT2D eigenvalue weighted by Crippen LogP contribution is 2.18. The van der Waals surface area contributed by atoms with Crippen molar-refractivity contribution in [2.24, 2.45) is 0 Å². The van der Waals surface area contributed by atoms with Crippen molar-refractivity contribution in [3.63, 3.8) is 0 Å². The Bertz CT molecular complexity index is 506. The largest absolute Gasteiger partial charge is 0.312 e. The van der Waals surface area contributed by atoms with Crippen LogP contribution in [-0.4, -0.2) is 14.8 Å². The van der Waals surface area contributed by atoms with Crippen molar-refractivity contribution in [1.29, 1.82) is 0 Å². The summed E-state index contributed by atoms with van der Waals surface area (Å²) >= 11 is 0. The molecule has 0 spiro atoms. The Kier molecular flexibility index (Phi) is 3.01. The highest BCUT2D eigenvalue weighted by atomic mass is 15.3.